The van der Waals surface area contributed by atoms with Gasteiger partial charge in [-0.3, -0.25) is 19.4 Å². The topological polar surface area (TPSA) is 150 Å². The minimum atomic E-state index is -4.79. The lowest BCUT2D eigenvalue weighted by Crippen LogP contribution is -2.52. The fraction of sp³-hybridized carbons (Fsp3) is 0.628. The van der Waals surface area contributed by atoms with Gasteiger partial charge in [0, 0.05) is 70.5 Å². The second kappa shape index (κ2) is 20.2. The number of piperidine rings is 3. The number of carbonyl (C=O) groups is 4. The Balaban J connectivity index is 0.925. The van der Waals surface area contributed by atoms with Gasteiger partial charge < -0.3 is 40.0 Å². The number of ether oxygens (including phenoxy) is 3. The van der Waals surface area contributed by atoms with Crippen LogP contribution in [-0.2, 0) is 42.8 Å². The van der Waals surface area contributed by atoms with Gasteiger partial charge in [0.2, 0.25) is 0 Å². The molecular weight excluding hydrogens is 819 g/mol. The van der Waals surface area contributed by atoms with Crippen LogP contribution in [0.1, 0.15) is 55.2 Å². The first kappa shape index (κ1) is 44.7. The third-order valence-electron chi connectivity index (χ3n) is 13.0. The highest BCUT2D eigenvalue weighted by atomic mass is 35.5. The maximum absolute atomic E-state index is 14.2. The van der Waals surface area contributed by atoms with Crippen molar-refractivity contribution in [3.63, 3.8) is 0 Å². The molecule has 5 heterocycles. The van der Waals surface area contributed by atoms with E-state index < -0.39 is 35.5 Å². The molecule has 334 valence electrons. The Morgan fingerprint density at radius 1 is 0.869 bits per heavy atom. The number of carbonyl (C=O) groups excluding carboxylic acids is 4. The van der Waals surface area contributed by atoms with Crippen molar-refractivity contribution in [2.45, 2.75) is 69.7 Å². The van der Waals surface area contributed by atoms with Crippen LogP contribution >= 0.6 is 11.6 Å². The molecule has 4 fully saturated rings. The molecule has 0 aliphatic carbocycles. The van der Waals surface area contributed by atoms with Crippen LogP contribution in [0.25, 0.3) is 0 Å². The van der Waals surface area contributed by atoms with E-state index in [1.54, 1.807) is 9.80 Å². The summed E-state index contributed by atoms with van der Waals surface area (Å²) in [4.78, 5) is 62.9. The number of alkyl halides is 3. The molecule has 0 radical (unpaired) electrons. The Morgan fingerprint density at radius 3 is 2.21 bits per heavy atom. The van der Waals surface area contributed by atoms with E-state index in [9.17, 15) is 32.3 Å². The maximum Gasteiger partial charge on any atom is 0.418 e. The zero-order chi connectivity index (χ0) is 43.1. The number of nitrogens with one attached hydrogen (secondary N) is 1. The van der Waals surface area contributed by atoms with E-state index in [1.165, 1.54) is 11.0 Å². The number of esters is 1. The van der Waals surface area contributed by atoms with Crippen LogP contribution < -0.4 is 11.1 Å². The number of urea groups is 1. The SMILES string of the molecule is Nc1c(Cl)cc(C[C@@H](OC(=O)N2CCC(N3CCc4ccccc4NC3=O)CC2)C(=O)N2CCC(C3CCN(CC(=O)OCCN4CCOCC4)CC3)CC2)cc1C(F)(F)F. The zero-order valence-corrected chi connectivity index (χ0v) is 35.3. The van der Waals surface area contributed by atoms with Crippen molar-refractivity contribution in [3.8, 4) is 0 Å². The van der Waals surface area contributed by atoms with Gasteiger partial charge in [-0.05, 0) is 99.2 Å². The molecule has 0 saturated carbocycles. The van der Waals surface area contributed by atoms with E-state index in [1.807, 2.05) is 24.3 Å². The summed E-state index contributed by atoms with van der Waals surface area (Å²) < 4.78 is 58.6. The molecule has 61 heavy (non-hydrogen) atoms. The third-order valence-corrected chi connectivity index (χ3v) is 13.3. The molecule has 5 aliphatic heterocycles. The van der Waals surface area contributed by atoms with Crippen LogP contribution in [0.15, 0.2) is 36.4 Å². The summed E-state index contributed by atoms with van der Waals surface area (Å²) >= 11 is 6.16. The lowest BCUT2D eigenvalue weighted by atomic mass is 9.78. The van der Waals surface area contributed by atoms with E-state index in [0.717, 1.165) is 69.2 Å². The van der Waals surface area contributed by atoms with Gasteiger partial charge in [-0.2, -0.15) is 13.2 Å². The smallest absolute Gasteiger partial charge is 0.418 e. The summed E-state index contributed by atoms with van der Waals surface area (Å²) in [5.74, 6) is 0.0871. The minimum absolute atomic E-state index is 0.0622. The third kappa shape index (κ3) is 11.6. The predicted octanol–water partition coefficient (Wildman–Crippen LogP) is 5.37. The van der Waals surface area contributed by atoms with Crippen molar-refractivity contribution >= 4 is 47.0 Å². The lowest BCUT2D eigenvalue weighted by Gasteiger charge is -2.41. The summed E-state index contributed by atoms with van der Waals surface area (Å²) in [6, 6.07) is 9.50. The first-order chi connectivity index (χ1) is 29.3. The molecule has 0 spiro atoms. The highest BCUT2D eigenvalue weighted by molar-refractivity contribution is 6.33. The van der Waals surface area contributed by atoms with Crippen molar-refractivity contribution in [2.24, 2.45) is 11.8 Å². The van der Waals surface area contributed by atoms with Crippen molar-refractivity contribution < 1.29 is 46.6 Å². The summed E-state index contributed by atoms with van der Waals surface area (Å²) in [5.41, 5.74) is 5.86. The zero-order valence-electron chi connectivity index (χ0n) is 34.5. The fourth-order valence-corrected chi connectivity index (χ4v) is 9.68. The molecule has 2 aromatic rings. The molecule has 18 heteroatoms. The van der Waals surface area contributed by atoms with Crippen LogP contribution in [0.2, 0.25) is 5.02 Å². The number of rotatable bonds is 11. The maximum atomic E-state index is 14.2. The Kier molecular flexibility index (Phi) is 14.8. The number of morpholine rings is 1. The number of benzene rings is 2. The average molecular weight is 876 g/mol. The second-order valence-electron chi connectivity index (χ2n) is 16.8. The van der Waals surface area contributed by atoms with Crippen LogP contribution in [0.4, 0.5) is 34.1 Å². The number of halogens is 4. The number of nitrogens with zero attached hydrogens (tertiary/aromatic N) is 5. The highest BCUT2D eigenvalue weighted by Gasteiger charge is 2.39. The molecule has 0 unspecified atom stereocenters. The van der Waals surface area contributed by atoms with Crippen LogP contribution in [0.3, 0.4) is 0 Å². The van der Waals surface area contributed by atoms with Crippen LogP contribution in [0.5, 0.6) is 0 Å². The van der Waals surface area contributed by atoms with Crippen LogP contribution in [-0.4, -0.2) is 152 Å². The summed E-state index contributed by atoms with van der Waals surface area (Å²) in [7, 11) is 0. The number of likely N-dealkylation sites (tertiary alicyclic amines) is 3. The van der Waals surface area contributed by atoms with Gasteiger partial charge >= 0.3 is 24.3 Å². The first-order valence-electron chi connectivity index (χ1n) is 21.6. The highest BCUT2D eigenvalue weighted by Crippen LogP contribution is 2.39. The van der Waals surface area contributed by atoms with E-state index >= 15 is 0 Å². The van der Waals surface area contributed by atoms with Crippen molar-refractivity contribution in [1.82, 2.24) is 24.5 Å². The molecule has 3 N–H and O–H groups in total. The number of para-hydroxylation sites is 1. The van der Waals surface area contributed by atoms with E-state index in [2.05, 4.69) is 15.1 Å². The normalized spacial score (nSPS) is 21.0. The molecule has 7 rings (SSSR count). The Labute approximate surface area is 359 Å². The van der Waals surface area contributed by atoms with Gasteiger partial charge in [-0.15, -0.1) is 0 Å². The molecule has 4 amide bonds. The van der Waals surface area contributed by atoms with Crippen molar-refractivity contribution in [1.29, 1.82) is 0 Å². The average Bonchev–Trinajstić information content (AvgIpc) is 3.42. The molecule has 1 atom stereocenters. The standard InChI is InChI=1S/C43H57ClF3N7O7/c44-35-26-29(25-34(39(35)48)43(45,46)47)27-37(61-42(58)53-16-10-33(11-17-53)54-18-9-32-3-1-2-4-36(32)49-41(54)57)40(56)52-14-7-31(8-15-52)30-5-12-51(13-6-30)28-38(55)60-24-21-50-19-22-59-23-20-50/h1-4,25-26,30-31,33,37H,5-24,27-28,48H2,(H,49,57)/t37-/m1/s1. The minimum Gasteiger partial charge on any atom is -0.463 e. The van der Waals surface area contributed by atoms with Crippen molar-refractivity contribution in [2.75, 3.05) is 103 Å². The molecule has 14 nitrogen and oxygen atoms in total. The molecule has 5 aliphatic rings. The van der Waals surface area contributed by atoms with E-state index in [-0.39, 0.29) is 54.7 Å². The number of fused-ring (bicyclic) bond motifs is 1. The van der Waals surface area contributed by atoms with Crippen LogP contribution in [0, 0.1) is 11.8 Å². The lowest BCUT2D eigenvalue weighted by molar-refractivity contribution is -0.146. The van der Waals surface area contributed by atoms with E-state index in [4.69, 9.17) is 31.5 Å². The van der Waals surface area contributed by atoms with Gasteiger partial charge in [0.15, 0.2) is 6.10 Å². The van der Waals surface area contributed by atoms with Gasteiger partial charge in [-0.25, -0.2) is 9.59 Å². The predicted molar refractivity (Wildman–Crippen MR) is 222 cm³/mol. The molecule has 0 bridgehead atoms. The molecule has 2 aromatic carbocycles. The number of amides is 4. The fourth-order valence-electron chi connectivity index (χ4n) is 9.43. The number of hydrogen-bond donors (Lipinski definition) is 2. The number of nitrogen functional groups attached to an aromatic ring is 1. The van der Waals surface area contributed by atoms with Gasteiger partial charge in [0.1, 0.15) is 6.61 Å². The first-order valence-corrected chi connectivity index (χ1v) is 21.9. The Hall–Kier alpha value is -4.32. The Bertz CT molecular complexity index is 1860. The number of hydrogen-bond acceptors (Lipinski definition) is 10. The molecule has 4 saturated heterocycles. The van der Waals surface area contributed by atoms with Gasteiger partial charge in [-0.1, -0.05) is 29.8 Å². The molecule has 0 aromatic heterocycles. The Morgan fingerprint density at radius 2 is 1.52 bits per heavy atom. The van der Waals surface area contributed by atoms with E-state index in [0.29, 0.717) is 77.1 Å². The molecular formula is C43H57ClF3N7O7. The monoisotopic (exact) mass is 875 g/mol. The van der Waals surface area contributed by atoms with Gasteiger partial charge in [0.25, 0.3) is 5.91 Å². The summed E-state index contributed by atoms with van der Waals surface area (Å²) in [5, 5.41) is 2.68. The van der Waals surface area contributed by atoms with Crippen molar-refractivity contribution in [3.05, 3.63) is 58.1 Å². The number of nitrogens with two attached hydrogens (primary N) is 1. The summed E-state index contributed by atoms with van der Waals surface area (Å²) in [6.45, 7) is 7.87. The largest absolute Gasteiger partial charge is 0.463 e. The quantitative estimate of drug-likeness (QED) is 0.223. The summed E-state index contributed by atoms with van der Waals surface area (Å²) in [6.07, 6.45) is -2.29. The van der Waals surface area contributed by atoms with Gasteiger partial charge in [0.05, 0.1) is 36.0 Å². The number of anilines is 2. The second-order valence-corrected chi connectivity index (χ2v) is 17.2.